The lowest BCUT2D eigenvalue weighted by Gasteiger charge is -2.21. The van der Waals surface area contributed by atoms with Gasteiger partial charge in [-0.1, -0.05) is 159 Å². The highest BCUT2D eigenvalue weighted by Crippen LogP contribution is 2.49. The van der Waals surface area contributed by atoms with Crippen molar-refractivity contribution in [2.75, 3.05) is 0 Å². The van der Waals surface area contributed by atoms with Crippen molar-refractivity contribution >= 4 is 11.4 Å². The molecule has 0 fully saturated rings. The molecule has 0 atom stereocenters. The molecule has 0 radical (unpaired) electrons. The molecule has 0 aromatic heterocycles. The molecule has 0 amide bonds. The third-order valence-corrected chi connectivity index (χ3v) is 8.66. The number of allylic oxidation sites excluding steroid dienone is 1. The van der Waals surface area contributed by atoms with Crippen molar-refractivity contribution in [3.05, 3.63) is 186 Å². The molecule has 0 spiro atoms. The number of hydrogen-bond acceptors (Lipinski definition) is 2. The highest BCUT2D eigenvalue weighted by molar-refractivity contribution is 6.10. The van der Waals surface area contributed by atoms with Crippen LogP contribution in [0.4, 0.5) is 0 Å². The van der Waals surface area contributed by atoms with Crippen molar-refractivity contribution < 1.29 is 0 Å². The van der Waals surface area contributed by atoms with Gasteiger partial charge in [-0.2, -0.15) is 0 Å². The smallest absolute Gasteiger partial charge is 0.0633 e. The van der Waals surface area contributed by atoms with Crippen LogP contribution in [0.3, 0.4) is 0 Å². The molecule has 3 N–H and O–H groups in total. The fourth-order valence-corrected chi connectivity index (χ4v) is 6.11. The van der Waals surface area contributed by atoms with Crippen molar-refractivity contribution in [3.63, 3.8) is 0 Å². The van der Waals surface area contributed by atoms with E-state index < -0.39 is 0 Å². The Labute approximate surface area is 267 Å². The Balaban J connectivity index is 0.000000452. The molecule has 6 aromatic carbocycles. The summed E-state index contributed by atoms with van der Waals surface area (Å²) in [4.78, 5) is 0. The van der Waals surface area contributed by atoms with Crippen LogP contribution in [0.2, 0.25) is 0 Å². The van der Waals surface area contributed by atoms with Crippen LogP contribution in [0.1, 0.15) is 41.7 Å². The van der Waals surface area contributed by atoms with Gasteiger partial charge in [-0.05, 0) is 75.2 Å². The zero-order valence-electron chi connectivity index (χ0n) is 26.1. The molecule has 0 heterocycles. The van der Waals surface area contributed by atoms with Gasteiger partial charge in [0.05, 0.1) is 5.71 Å². The average Bonchev–Trinajstić information content (AvgIpc) is 3.31. The molecule has 0 aliphatic heterocycles. The van der Waals surface area contributed by atoms with Gasteiger partial charge in [0.2, 0.25) is 0 Å². The lowest BCUT2D eigenvalue weighted by molar-refractivity contribution is 0.660. The predicted octanol–water partition coefficient (Wildman–Crippen LogP) is 10.7. The highest BCUT2D eigenvalue weighted by atomic mass is 14.6. The number of nitrogens with one attached hydrogen (secondary N) is 1. The molecule has 0 saturated carbocycles. The fraction of sp³-hybridized carbons (Fsp3) is 0.0930. The van der Waals surface area contributed by atoms with E-state index in [0.29, 0.717) is 11.4 Å². The van der Waals surface area contributed by atoms with Crippen LogP contribution in [0.5, 0.6) is 0 Å². The van der Waals surface area contributed by atoms with Gasteiger partial charge in [-0.15, -0.1) is 0 Å². The second-order valence-electron chi connectivity index (χ2n) is 12.1. The van der Waals surface area contributed by atoms with E-state index >= 15 is 0 Å². The maximum absolute atomic E-state index is 8.60. The van der Waals surface area contributed by atoms with Crippen molar-refractivity contribution in [2.24, 2.45) is 5.73 Å². The van der Waals surface area contributed by atoms with Crippen LogP contribution in [-0.4, -0.2) is 5.71 Å². The van der Waals surface area contributed by atoms with Gasteiger partial charge in [0.25, 0.3) is 0 Å². The second-order valence-corrected chi connectivity index (χ2v) is 12.1. The zero-order chi connectivity index (χ0) is 31.4. The summed E-state index contributed by atoms with van der Waals surface area (Å²) in [6.07, 6.45) is 1.73. The molecule has 7 rings (SSSR count). The summed E-state index contributed by atoms with van der Waals surface area (Å²) in [7, 11) is 0. The molecule has 0 bridgehead atoms. The fourth-order valence-electron chi connectivity index (χ4n) is 6.11. The predicted molar refractivity (Wildman–Crippen MR) is 191 cm³/mol. The van der Waals surface area contributed by atoms with Crippen LogP contribution in [0.15, 0.2) is 158 Å². The van der Waals surface area contributed by atoms with E-state index in [-0.39, 0.29) is 5.41 Å². The minimum absolute atomic E-state index is 0.0218. The molecule has 45 heavy (non-hydrogen) atoms. The van der Waals surface area contributed by atoms with Crippen LogP contribution >= 0.6 is 0 Å². The van der Waals surface area contributed by atoms with E-state index in [1.165, 1.54) is 38.9 Å². The van der Waals surface area contributed by atoms with E-state index in [0.717, 1.165) is 22.3 Å². The largest absolute Gasteiger partial charge is 0.398 e. The summed E-state index contributed by atoms with van der Waals surface area (Å²) < 4.78 is 0. The summed E-state index contributed by atoms with van der Waals surface area (Å²) in [5.41, 5.74) is 20.4. The molecule has 0 saturated heterocycles. The van der Waals surface area contributed by atoms with Crippen LogP contribution < -0.4 is 5.73 Å². The first-order valence-corrected chi connectivity index (χ1v) is 15.4. The SMILES string of the molecule is CC1(C)c2ccccc2-c2cc(-c3ccc(-c4cccc(C(=N)/C=C(\N)c5ccccc5)c4)cc3)ccc21.Cc1ccccc1. The third kappa shape index (κ3) is 6.27. The van der Waals surface area contributed by atoms with E-state index in [2.05, 4.69) is 112 Å². The molecule has 1 aliphatic carbocycles. The third-order valence-electron chi connectivity index (χ3n) is 8.66. The summed E-state index contributed by atoms with van der Waals surface area (Å²) in [6, 6.07) is 52.5. The number of hydrogen-bond donors (Lipinski definition) is 2. The van der Waals surface area contributed by atoms with Gasteiger partial charge < -0.3 is 11.1 Å². The van der Waals surface area contributed by atoms with Crippen LogP contribution in [-0.2, 0) is 5.41 Å². The van der Waals surface area contributed by atoms with Crippen LogP contribution in [0, 0.1) is 12.3 Å². The number of benzene rings is 6. The van der Waals surface area contributed by atoms with E-state index in [4.69, 9.17) is 11.1 Å². The van der Waals surface area contributed by atoms with Crippen LogP contribution in [0.25, 0.3) is 39.1 Å². The van der Waals surface area contributed by atoms with Crippen molar-refractivity contribution in [2.45, 2.75) is 26.2 Å². The molecule has 2 heteroatoms. The Morgan fingerprint density at radius 1 is 0.533 bits per heavy atom. The second kappa shape index (κ2) is 12.6. The van der Waals surface area contributed by atoms with Gasteiger partial charge in [0.1, 0.15) is 0 Å². The van der Waals surface area contributed by atoms with Gasteiger partial charge >= 0.3 is 0 Å². The molecular formula is C43H38N2. The van der Waals surface area contributed by atoms with Crippen molar-refractivity contribution in [1.82, 2.24) is 0 Å². The van der Waals surface area contributed by atoms with Gasteiger partial charge in [0.15, 0.2) is 0 Å². The van der Waals surface area contributed by atoms with E-state index in [9.17, 15) is 0 Å². The van der Waals surface area contributed by atoms with Gasteiger partial charge in [-0.25, -0.2) is 0 Å². The average molecular weight is 583 g/mol. The number of aryl methyl sites for hydroxylation is 1. The Kier molecular flexibility index (Phi) is 8.31. The Hall–Kier alpha value is -5.47. The van der Waals surface area contributed by atoms with E-state index in [1.807, 2.05) is 60.7 Å². The normalized spacial score (nSPS) is 12.8. The Morgan fingerprint density at radius 2 is 1.07 bits per heavy atom. The van der Waals surface area contributed by atoms with E-state index in [1.54, 1.807) is 6.08 Å². The highest BCUT2D eigenvalue weighted by Gasteiger charge is 2.35. The summed E-state index contributed by atoms with van der Waals surface area (Å²) in [6.45, 7) is 6.71. The number of rotatable bonds is 5. The standard InChI is InChI=1S/C36H30N2.C7H8/c1-36(2)32-14-7-6-13-30(32)31-22-28(19-20-33(31)36)25-17-15-24(16-18-25)27-11-8-12-29(21-27)35(38)23-34(37)26-9-4-3-5-10-26;1-7-5-3-2-4-6-7/h3-23,38H,37H2,1-2H3;2-6H,1H3/b34-23-,38-35?;. The quantitative estimate of drug-likeness (QED) is 0.195. The summed E-state index contributed by atoms with van der Waals surface area (Å²) in [5.74, 6) is 0. The maximum atomic E-state index is 8.60. The van der Waals surface area contributed by atoms with Gasteiger partial charge in [-0.3, -0.25) is 0 Å². The Morgan fingerprint density at radius 3 is 1.71 bits per heavy atom. The molecule has 220 valence electrons. The molecule has 6 aromatic rings. The minimum atomic E-state index is 0.0218. The first kappa shape index (κ1) is 29.6. The molecule has 1 aliphatic rings. The monoisotopic (exact) mass is 582 g/mol. The maximum Gasteiger partial charge on any atom is 0.0633 e. The lowest BCUT2D eigenvalue weighted by atomic mass is 9.82. The minimum Gasteiger partial charge on any atom is -0.398 e. The number of nitrogens with two attached hydrogens (primary N) is 1. The number of fused-ring (bicyclic) bond motifs is 3. The summed E-state index contributed by atoms with van der Waals surface area (Å²) in [5, 5.41) is 8.60. The summed E-state index contributed by atoms with van der Waals surface area (Å²) >= 11 is 0. The molecule has 2 nitrogen and oxygen atoms in total. The van der Waals surface area contributed by atoms with Crippen molar-refractivity contribution in [3.8, 4) is 33.4 Å². The van der Waals surface area contributed by atoms with Crippen molar-refractivity contribution in [1.29, 1.82) is 5.41 Å². The lowest BCUT2D eigenvalue weighted by Crippen LogP contribution is -2.14. The zero-order valence-corrected chi connectivity index (χ0v) is 26.1. The Bertz CT molecular complexity index is 1980. The van der Waals surface area contributed by atoms with Gasteiger partial charge in [0, 0.05) is 16.7 Å². The first-order valence-electron chi connectivity index (χ1n) is 15.4. The molecular weight excluding hydrogens is 544 g/mol. The molecule has 0 unspecified atom stereocenters. The topological polar surface area (TPSA) is 49.9 Å². The first-order chi connectivity index (χ1) is 21.8.